The van der Waals surface area contributed by atoms with Gasteiger partial charge in [-0.1, -0.05) is 35.3 Å². The quantitative estimate of drug-likeness (QED) is 0.852. The second-order valence-electron chi connectivity index (χ2n) is 4.05. The van der Waals surface area contributed by atoms with E-state index in [1.54, 1.807) is 13.2 Å². The van der Waals surface area contributed by atoms with Gasteiger partial charge in [0, 0.05) is 4.47 Å². The molecule has 2 aromatic carbocycles. The molecule has 0 spiro atoms. The Labute approximate surface area is 130 Å². The molecule has 0 bridgehead atoms. The van der Waals surface area contributed by atoms with Crippen LogP contribution in [0.4, 0.5) is 0 Å². The van der Waals surface area contributed by atoms with E-state index in [1.165, 1.54) is 0 Å². The molecule has 1 atom stereocenters. The molecule has 2 aromatic rings. The lowest BCUT2D eigenvalue weighted by atomic mass is 9.99. The lowest BCUT2D eigenvalue weighted by Crippen LogP contribution is -2.12. The highest BCUT2D eigenvalue weighted by molar-refractivity contribution is 9.10. The summed E-state index contributed by atoms with van der Waals surface area (Å²) in [6.07, 6.45) is 0. The molecule has 0 amide bonds. The van der Waals surface area contributed by atoms with E-state index >= 15 is 0 Å². The Morgan fingerprint density at radius 1 is 1.05 bits per heavy atom. The van der Waals surface area contributed by atoms with Crippen LogP contribution in [-0.4, -0.2) is 7.11 Å². The standard InChI is InChI=1S/C14H12BrCl2NO/c1-19-13-7-9(3-5-12(13)17)14(18)8-2-4-11(16)10(15)6-8/h2-7,14H,18H2,1H3. The van der Waals surface area contributed by atoms with Crippen molar-refractivity contribution in [3.8, 4) is 5.75 Å². The van der Waals surface area contributed by atoms with Crippen LogP contribution in [0, 0.1) is 0 Å². The lowest BCUT2D eigenvalue weighted by Gasteiger charge is -2.15. The van der Waals surface area contributed by atoms with Gasteiger partial charge in [-0.05, 0) is 51.3 Å². The second-order valence-corrected chi connectivity index (χ2v) is 5.71. The molecule has 1 unspecified atom stereocenters. The van der Waals surface area contributed by atoms with E-state index in [1.807, 2.05) is 30.3 Å². The summed E-state index contributed by atoms with van der Waals surface area (Å²) in [6, 6.07) is 10.9. The fraction of sp³-hybridized carbons (Fsp3) is 0.143. The molecule has 0 aliphatic carbocycles. The van der Waals surface area contributed by atoms with E-state index in [4.69, 9.17) is 33.7 Å². The summed E-state index contributed by atoms with van der Waals surface area (Å²) in [5, 5.41) is 1.22. The van der Waals surface area contributed by atoms with Crippen molar-refractivity contribution in [2.45, 2.75) is 6.04 Å². The summed E-state index contributed by atoms with van der Waals surface area (Å²) in [7, 11) is 1.58. The third-order valence-corrected chi connectivity index (χ3v) is 4.36. The summed E-state index contributed by atoms with van der Waals surface area (Å²) in [6.45, 7) is 0. The first-order chi connectivity index (χ1) is 9.02. The number of rotatable bonds is 3. The van der Waals surface area contributed by atoms with Gasteiger partial charge in [0.1, 0.15) is 5.75 Å². The second kappa shape index (κ2) is 6.14. The number of nitrogens with two attached hydrogens (primary N) is 1. The molecule has 5 heteroatoms. The molecule has 0 heterocycles. The van der Waals surface area contributed by atoms with Gasteiger partial charge in [0.05, 0.1) is 23.2 Å². The summed E-state index contributed by atoms with van der Waals surface area (Å²) in [4.78, 5) is 0. The van der Waals surface area contributed by atoms with Crippen LogP contribution < -0.4 is 10.5 Å². The Morgan fingerprint density at radius 3 is 2.21 bits per heavy atom. The van der Waals surface area contributed by atoms with Gasteiger partial charge in [0.25, 0.3) is 0 Å². The van der Waals surface area contributed by atoms with Crippen molar-refractivity contribution in [3.05, 3.63) is 62.0 Å². The molecule has 0 fully saturated rings. The van der Waals surface area contributed by atoms with Gasteiger partial charge in [0.15, 0.2) is 0 Å². The average molecular weight is 361 g/mol. The van der Waals surface area contributed by atoms with Crippen molar-refractivity contribution in [1.29, 1.82) is 0 Å². The van der Waals surface area contributed by atoms with Crippen molar-refractivity contribution < 1.29 is 4.74 Å². The molecule has 0 saturated carbocycles. The SMILES string of the molecule is COc1cc(C(N)c2ccc(Cl)c(Br)c2)ccc1Cl. The van der Waals surface area contributed by atoms with Crippen LogP contribution in [0.3, 0.4) is 0 Å². The molecule has 2 nitrogen and oxygen atoms in total. The number of methoxy groups -OCH3 is 1. The molecule has 2 rings (SSSR count). The zero-order chi connectivity index (χ0) is 14.0. The highest BCUT2D eigenvalue weighted by Crippen LogP contribution is 2.31. The molecule has 0 saturated heterocycles. The van der Waals surface area contributed by atoms with Crippen LogP contribution >= 0.6 is 39.1 Å². The van der Waals surface area contributed by atoms with E-state index in [0.29, 0.717) is 15.8 Å². The van der Waals surface area contributed by atoms with E-state index in [-0.39, 0.29) is 6.04 Å². The van der Waals surface area contributed by atoms with Gasteiger partial charge in [0.2, 0.25) is 0 Å². The fourth-order valence-electron chi connectivity index (χ4n) is 1.77. The Morgan fingerprint density at radius 2 is 1.63 bits per heavy atom. The lowest BCUT2D eigenvalue weighted by molar-refractivity contribution is 0.414. The third-order valence-electron chi connectivity index (χ3n) is 2.84. The molecule has 0 aliphatic rings. The number of hydrogen-bond donors (Lipinski definition) is 1. The van der Waals surface area contributed by atoms with Gasteiger partial charge in [-0.25, -0.2) is 0 Å². The van der Waals surface area contributed by atoms with Crippen LogP contribution in [0.2, 0.25) is 10.0 Å². The highest BCUT2D eigenvalue weighted by Gasteiger charge is 2.12. The van der Waals surface area contributed by atoms with Crippen LogP contribution in [0.1, 0.15) is 17.2 Å². The van der Waals surface area contributed by atoms with E-state index in [0.717, 1.165) is 15.6 Å². The Balaban J connectivity index is 2.37. The fourth-order valence-corrected chi connectivity index (χ4v) is 2.48. The van der Waals surface area contributed by atoms with Gasteiger partial charge in [-0.15, -0.1) is 0 Å². The van der Waals surface area contributed by atoms with Crippen molar-refractivity contribution >= 4 is 39.1 Å². The Kier molecular flexibility index (Phi) is 4.74. The largest absolute Gasteiger partial charge is 0.495 e. The predicted octanol–water partition coefficient (Wildman–Crippen LogP) is 4.81. The third kappa shape index (κ3) is 3.23. The smallest absolute Gasteiger partial charge is 0.137 e. The van der Waals surface area contributed by atoms with Crippen LogP contribution in [0.15, 0.2) is 40.9 Å². The van der Waals surface area contributed by atoms with Crippen molar-refractivity contribution in [2.75, 3.05) is 7.11 Å². The summed E-state index contributed by atoms with van der Waals surface area (Å²) in [5.74, 6) is 0.614. The molecular weight excluding hydrogens is 349 g/mol. The molecule has 100 valence electrons. The topological polar surface area (TPSA) is 35.2 Å². The minimum atomic E-state index is -0.264. The van der Waals surface area contributed by atoms with Crippen LogP contribution in [0.5, 0.6) is 5.75 Å². The molecule has 0 radical (unpaired) electrons. The molecule has 0 aromatic heterocycles. The van der Waals surface area contributed by atoms with Gasteiger partial charge in [-0.2, -0.15) is 0 Å². The maximum Gasteiger partial charge on any atom is 0.137 e. The maximum absolute atomic E-state index is 6.25. The highest BCUT2D eigenvalue weighted by atomic mass is 79.9. The Bertz CT molecular complexity index is 604. The predicted molar refractivity (Wildman–Crippen MR) is 83.2 cm³/mol. The monoisotopic (exact) mass is 359 g/mol. The zero-order valence-electron chi connectivity index (χ0n) is 10.2. The van der Waals surface area contributed by atoms with Crippen molar-refractivity contribution in [3.63, 3.8) is 0 Å². The molecule has 2 N–H and O–H groups in total. The van der Waals surface area contributed by atoms with Crippen LogP contribution in [0.25, 0.3) is 0 Å². The minimum absolute atomic E-state index is 0.264. The molecule has 0 aliphatic heterocycles. The van der Waals surface area contributed by atoms with Gasteiger partial charge >= 0.3 is 0 Å². The van der Waals surface area contributed by atoms with E-state index in [2.05, 4.69) is 15.9 Å². The summed E-state index contributed by atoms with van der Waals surface area (Å²) >= 11 is 15.4. The van der Waals surface area contributed by atoms with Gasteiger partial charge in [-0.3, -0.25) is 0 Å². The molecule has 19 heavy (non-hydrogen) atoms. The summed E-state index contributed by atoms with van der Waals surface area (Å²) < 4.78 is 6.02. The van der Waals surface area contributed by atoms with Gasteiger partial charge < -0.3 is 10.5 Å². The first-order valence-corrected chi connectivity index (χ1v) is 7.11. The van der Waals surface area contributed by atoms with E-state index < -0.39 is 0 Å². The van der Waals surface area contributed by atoms with Crippen molar-refractivity contribution in [2.24, 2.45) is 5.73 Å². The number of ether oxygens (including phenoxy) is 1. The number of halogens is 3. The normalized spacial score (nSPS) is 12.3. The number of hydrogen-bond acceptors (Lipinski definition) is 2. The minimum Gasteiger partial charge on any atom is -0.495 e. The first kappa shape index (κ1) is 14.7. The summed E-state index contributed by atoms with van der Waals surface area (Å²) in [5.41, 5.74) is 8.13. The molecular formula is C14H12BrCl2NO. The van der Waals surface area contributed by atoms with Crippen LogP contribution in [-0.2, 0) is 0 Å². The zero-order valence-corrected chi connectivity index (χ0v) is 13.3. The Hall–Kier alpha value is -0.740. The number of benzene rings is 2. The average Bonchev–Trinajstić information content (AvgIpc) is 2.41. The van der Waals surface area contributed by atoms with E-state index in [9.17, 15) is 0 Å². The first-order valence-electron chi connectivity index (χ1n) is 5.57. The van der Waals surface area contributed by atoms with Crippen molar-refractivity contribution in [1.82, 2.24) is 0 Å². The maximum atomic E-state index is 6.25.